The minimum absolute atomic E-state index is 0.157. The van der Waals surface area contributed by atoms with Gasteiger partial charge in [0, 0.05) is 11.0 Å². The van der Waals surface area contributed by atoms with Crippen LogP contribution in [0, 0.1) is 0 Å². The maximum Gasteiger partial charge on any atom is 0.247 e. The summed E-state index contributed by atoms with van der Waals surface area (Å²) in [6.45, 7) is 0.996. The normalized spacial score (nSPS) is 17.4. The number of hydrogen-bond acceptors (Lipinski definition) is 4. The van der Waals surface area contributed by atoms with E-state index in [1.165, 1.54) is 7.11 Å². The quantitative estimate of drug-likeness (QED) is 0.504. The zero-order valence-electron chi connectivity index (χ0n) is 17.2. The topological polar surface area (TPSA) is 55.8 Å². The standard InChI is InChI=1S/C24H24BrNO4S/c1-29-23-12-5-6-13-24(23)31(27,28)26-15-21-19(10-7-11-22(21)25)16-30-17-20(26)14-18-8-3-2-4-9-18/h2-13,20H,14-17H2,1H3. The average Bonchev–Trinajstić information content (AvgIpc) is 2.77. The number of hydrogen-bond donors (Lipinski definition) is 0. The van der Waals surface area contributed by atoms with Gasteiger partial charge in [-0.2, -0.15) is 4.31 Å². The Morgan fingerprint density at radius 3 is 2.55 bits per heavy atom. The molecule has 1 atom stereocenters. The second-order valence-electron chi connectivity index (χ2n) is 7.44. The third-order valence-electron chi connectivity index (χ3n) is 5.47. The Balaban J connectivity index is 1.82. The van der Waals surface area contributed by atoms with Crippen LogP contribution in [0.3, 0.4) is 0 Å². The molecule has 5 nitrogen and oxygen atoms in total. The first-order valence-electron chi connectivity index (χ1n) is 10.0. The van der Waals surface area contributed by atoms with Crippen molar-refractivity contribution >= 4 is 26.0 Å². The van der Waals surface area contributed by atoms with E-state index in [1.807, 2.05) is 48.5 Å². The summed E-state index contributed by atoms with van der Waals surface area (Å²) < 4.78 is 41.7. The Labute approximate surface area is 191 Å². The molecule has 0 N–H and O–H groups in total. The molecule has 1 heterocycles. The van der Waals surface area contributed by atoms with Gasteiger partial charge in [0.15, 0.2) is 0 Å². The second kappa shape index (κ2) is 9.53. The van der Waals surface area contributed by atoms with E-state index < -0.39 is 10.0 Å². The van der Waals surface area contributed by atoms with Crippen LogP contribution in [-0.2, 0) is 34.3 Å². The van der Waals surface area contributed by atoms with Crippen molar-refractivity contribution in [2.45, 2.75) is 30.5 Å². The lowest BCUT2D eigenvalue weighted by molar-refractivity contribution is 0.0672. The smallest absolute Gasteiger partial charge is 0.247 e. The van der Waals surface area contributed by atoms with E-state index >= 15 is 0 Å². The van der Waals surface area contributed by atoms with Gasteiger partial charge in [0.25, 0.3) is 0 Å². The van der Waals surface area contributed by atoms with Crippen molar-refractivity contribution in [3.05, 3.63) is 94.0 Å². The molecule has 0 saturated carbocycles. The van der Waals surface area contributed by atoms with Crippen LogP contribution in [0.1, 0.15) is 16.7 Å². The van der Waals surface area contributed by atoms with Gasteiger partial charge in [-0.3, -0.25) is 0 Å². The summed E-state index contributed by atoms with van der Waals surface area (Å²) in [5.41, 5.74) is 2.95. The van der Waals surface area contributed by atoms with Crippen LogP contribution in [0.4, 0.5) is 0 Å². The molecule has 0 fully saturated rings. The molecule has 0 aromatic heterocycles. The van der Waals surface area contributed by atoms with E-state index in [1.54, 1.807) is 28.6 Å². The first-order chi connectivity index (χ1) is 15.0. The number of rotatable bonds is 5. The van der Waals surface area contributed by atoms with Gasteiger partial charge < -0.3 is 9.47 Å². The van der Waals surface area contributed by atoms with Crippen molar-refractivity contribution in [3.63, 3.8) is 0 Å². The lowest BCUT2D eigenvalue weighted by Crippen LogP contribution is -2.45. The molecule has 0 saturated heterocycles. The Kier molecular flexibility index (Phi) is 6.77. The number of halogens is 1. The summed E-state index contributed by atoms with van der Waals surface area (Å²) in [6, 6.07) is 22.1. The minimum atomic E-state index is -3.87. The second-order valence-corrected chi connectivity index (χ2v) is 10.2. The van der Waals surface area contributed by atoms with Crippen molar-refractivity contribution in [1.82, 2.24) is 4.31 Å². The van der Waals surface area contributed by atoms with Gasteiger partial charge in [-0.1, -0.05) is 70.5 Å². The maximum absolute atomic E-state index is 13.9. The Bertz CT molecular complexity index is 1150. The molecule has 0 amide bonds. The molecule has 0 bridgehead atoms. The van der Waals surface area contributed by atoms with Gasteiger partial charge in [-0.05, 0) is 41.3 Å². The number of nitrogens with zero attached hydrogens (tertiary/aromatic N) is 1. The van der Waals surface area contributed by atoms with Gasteiger partial charge in [0.2, 0.25) is 10.0 Å². The highest BCUT2D eigenvalue weighted by Crippen LogP contribution is 2.33. The first kappa shape index (κ1) is 22.0. The van der Waals surface area contributed by atoms with Crippen LogP contribution in [0.15, 0.2) is 82.2 Å². The molecule has 162 valence electrons. The summed E-state index contributed by atoms with van der Waals surface area (Å²) in [5, 5.41) is 0. The Morgan fingerprint density at radius 2 is 1.77 bits per heavy atom. The third-order valence-corrected chi connectivity index (χ3v) is 8.16. The van der Waals surface area contributed by atoms with Crippen LogP contribution in [0.25, 0.3) is 0 Å². The number of ether oxygens (including phenoxy) is 2. The molecule has 31 heavy (non-hydrogen) atoms. The summed E-state index contributed by atoms with van der Waals surface area (Å²) in [7, 11) is -2.38. The van der Waals surface area contributed by atoms with E-state index in [9.17, 15) is 8.42 Å². The van der Waals surface area contributed by atoms with Crippen molar-refractivity contribution < 1.29 is 17.9 Å². The van der Waals surface area contributed by atoms with Crippen molar-refractivity contribution in [2.24, 2.45) is 0 Å². The van der Waals surface area contributed by atoms with E-state index in [2.05, 4.69) is 15.9 Å². The SMILES string of the molecule is COc1ccccc1S(=O)(=O)N1Cc2c(Br)cccc2COCC1Cc1ccccc1. The van der Waals surface area contributed by atoms with E-state index in [0.29, 0.717) is 25.4 Å². The van der Waals surface area contributed by atoms with Gasteiger partial charge >= 0.3 is 0 Å². The fourth-order valence-corrected chi connectivity index (χ4v) is 6.14. The molecule has 1 aliphatic rings. The Hall–Kier alpha value is -2.19. The third kappa shape index (κ3) is 4.70. The average molecular weight is 502 g/mol. The minimum Gasteiger partial charge on any atom is -0.495 e. The lowest BCUT2D eigenvalue weighted by Gasteiger charge is -2.34. The van der Waals surface area contributed by atoms with Crippen LogP contribution < -0.4 is 4.74 Å². The van der Waals surface area contributed by atoms with Gasteiger partial charge in [-0.15, -0.1) is 0 Å². The molecule has 1 unspecified atom stereocenters. The number of fused-ring (bicyclic) bond motifs is 1. The highest BCUT2D eigenvalue weighted by atomic mass is 79.9. The fraction of sp³-hybridized carbons (Fsp3) is 0.250. The van der Waals surface area contributed by atoms with Crippen molar-refractivity contribution in [3.8, 4) is 5.75 Å². The highest BCUT2D eigenvalue weighted by Gasteiger charge is 2.35. The first-order valence-corrected chi connectivity index (χ1v) is 12.3. The molecule has 0 aliphatic carbocycles. The van der Waals surface area contributed by atoms with Gasteiger partial charge in [0.05, 0.1) is 26.4 Å². The van der Waals surface area contributed by atoms with E-state index in [0.717, 1.165) is 21.2 Å². The van der Waals surface area contributed by atoms with Crippen molar-refractivity contribution in [1.29, 1.82) is 0 Å². The van der Waals surface area contributed by atoms with Crippen LogP contribution in [-0.4, -0.2) is 32.5 Å². The lowest BCUT2D eigenvalue weighted by atomic mass is 10.0. The van der Waals surface area contributed by atoms with E-state index in [4.69, 9.17) is 9.47 Å². The summed E-state index contributed by atoms with van der Waals surface area (Å²) in [5.74, 6) is 0.330. The predicted molar refractivity (Wildman–Crippen MR) is 123 cm³/mol. The van der Waals surface area contributed by atoms with Crippen molar-refractivity contribution in [2.75, 3.05) is 13.7 Å². The maximum atomic E-state index is 13.9. The predicted octanol–water partition coefficient (Wildman–Crippen LogP) is 4.79. The van der Waals surface area contributed by atoms with Gasteiger partial charge in [-0.25, -0.2) is 8.42 Å². The molecule has 0 spiro atoms. The summed E-state index contributed by atoms with van der Waals surface area (Å²) >= 11 is 3.61. The van der Waals surface area contributed by atoms with Crippen LogP contribution in [0.2, 0.25) is 0 Å². The zero-order chi connectivity index (χ0) is 21.8. The largest absolute Gasteiger partial charge is 0.495 e. The molecule has 7 heteroatoms. The van der Waals surface area contributed by atoms with Crippen LogP contribution >= 0.6 is 15.9 Å². The van der Waals surface area contributed by atoms with Crippen LogP contribution in [0.5, 0.6) is 5.75 Å². The summed E-state index contributed by atoms with van der Waals surface area (Å²) in [4.78, 5) is 0.157. The molecule has 0 radical (unpaired) electrons. The zero-order valence-corrected chi connectivity index (χ0v) is 19.6. The number of benzene rings is 3. The fourth-order valence-electron chi connectivity index (χ4n) is 3.87. The number of para-hydroxylation sites is 1. The molecular formula is C24H24BrNO4S. The highest BCUT2D eigenvalue weighted by molar-refractivity contribution is 9.10. The molecular weight excluding hydrogens is 478 g/mol. The Morgan fingerprint density at radius 1 is 1.03 bits per heavy atom. The molecule has 3 aromatic rings. The number of methoxy groups -OCH3 is 1. The molecule has 4 rings (SSSR count). The molecule has 3 aromatic carbocycles. The van der Waals surface area contributed by atoms with Gasteiger partial charge in [0.1, 0.15) is 10.6 Å². The number of sulfonamides is 1. The summed E-state index contributed by atoms with van der Waals surface area (Å²) in [6.07, 6.45) is 0.551. The monoisotopic (exact) mass is 501 g/mol. The van der Waals surface area contributed by atoms with E-state index in [-0.39, 0.29) is 17.5 Å². The molecule has 1 aliphatic heterocycles.